The number of rotatable bonds is 3. The molecule has 1 aromatic carbocycles. The van der Waals surface area contributed by atoms with Gasteiger partial charge in [0.1, 0.15) is 35.5 Å². The summed E-state index contributed by atoms with van der Waals surface area (Å²) in [7, 11) is 0. The molecule has 1 amide bonds. The largest absolute Gasteiger partial charge is 0.356 e. The fourth-order valence-electron chi connectivity index (χ4n) is 5.13. The van der Waals surface area contributed by atoms with E-state index in [-0.39, 0.29) is 11.8 Å². The van der Waals surface area contributed by atoms with Crippen LogP contribution in [0.25, 0.3) is 0 Å². The number of hydrazone groups is 1. The quantitative estimate of drug-likeness (QED) is 0.759. The summed E-state index contributed by atoms with van der Waals surface area (Å²) in [5.74, 6) is -0.118. The summed E-state index contributed by atoms with van der Waals surface area (Å²) < 4.78 is 27.4. The van der Waals surface area contributed by atoms with Gasteiger partial charge in [0.05, 0.1) is 6.04 Å². The van der Waals surface area contributed by atoms with Gasteiger partial charge >= 0.3 is 0 Å². The molecule has 4 atom stereocenters. The number of halogens is 2. The van der Waals surface area contributed by atoms with E-state index in [1.54, 1.807) is 12.3 Å². The van der Waals surface area contributed by atoms with Crippen molar-refractivity contribution >= 4 is 17.9 Å². The van der Waals surface area contributed by atoms with Crippen LogP contribution in [0.5, 0.6) is 0 Å². The topological polar surface area (TPSA) is 85.5 Å². The summed E-state index contributed by atoms with van der Waals surface area (Å²) in [6, 6.07) is 6.60. The summed E-state index contributed by atoms with van der Waals surface area (Å²) >= 11 is 0. The van der Waals surface area contributed by atoms with E-state index < -0.39 is 17.7 Å². The Morgan fingerprint density at radius 3 is 2.45 bits per heavy atom. The van der Waals surface area contributed by atoms with Gasteiger partial charge in [0.25, 0.3) is 0 Å². The van der Waals surface area contributed by atoms with Crippen molar-refractivity contribution in [3.63, 3.8) is 0 Å². The Kier molecular flexibility index (Phi) is 4.85. The lowest BCUT2D eigenvalue weighted by Gasteiger charge is -2.26. The maximum absolute atomic E-state index is 13.7. The first-order chi connectivity index (χ1) is 15.0. The van der Waals surface area contributed by atoms with E-state index in [9.17, 15) is 13.6 Å². The van der Waals surface area contributed by atoms with E-state index in [1.165, 1.54) is 23.5 Å². The van der Waals surface area contributed by atoms with Gasteiger partial charge < -0.3 is 4.90 Å². The van der Waals surface area contributed by atoms with Gasteiger partial charge in [-0.3, -0.25) is 4.79 Å². The van der Waals surface area contributed by atoms with Gasteiger partial charge in [0.2, 0.25) is 5.91 Å². The third-order valence-electron chi connectivity index (χ3n) is 6.52. The standard InChI is InChI=1S/C22H20F2N6O/c23-17-5-13(6-18(24)7-17)20-1-2-28-30(20)22(31)14-3-15-10-29(11-16(15)4-14)21-8-19(9-25)26-12-27-21/h2,5-8,12,14-16,20H,1,3-4,10-11H2/t14?,15-,16+,20-/m0/s1. The van der Waals surface area contributed by atoms with Crippen molar-refractivity contribution in [1.82, 2.24) is 15.0 Å². The highest BCUT2D eigenvalue weighted by Crippen LogP contribution is 2.44. The van der Waals surface area contributed by atoms with Gasteiger partial charge in [-0.2, -0.15) is 10.4 Å². The predicted octanol–water partition coefficient (Wildman–Crippen LogP) is 3.05. The summed E-state index contributed by atoms with van der Waals surface area (Å²) in [6.45, 7) is 1.55. The van der Waals surface area contributed by atoms with Crippen LogP contribution in [-0.2, 0) is 4.79 Å². The van der Waals surface area contributed by atoms with E-state index in [2.05, 4.69) is 20.0 Å². The minimum Gasteiger partial charge on any atom is -0.356 e. The van der Waals surface area contributed by atoms with Crippen LogP contribution in [0.1, 0.15) is 36.6 Å². The molecule has 7 nitrogen and oxygen atoms in total. The number of hydrogen-bond donors (Lipinski definition) is 0. The molecule has 2 aromatic rings. The Labute approximate surface area is 178 Å². The highest BCUT2D eigenvalue weighted by molar-refractivity contribution is 5.82. The maximum Gasteiger partial charge on any atom is 0.246 e. The lowest BCUT2D eigenvalue weighted by Crippen LogP contribution is -2.33. The van der Waals surface area contributed by atoms with Crippen LogP contribution in [0.4, 0.5) is 14.6 Å². The summed E-state index contributed by atoms with van der Waals surface area (Å²) in [5.41, 5.74) is 0.756. The Bertz CT molecular complexity index is 1070. The molecule has 0 bridgehead atoms. The Morgan fingerprint density at radius 2 is 1.77 bits per heavy atom. The zero-order valence-electron chi connectivity index (χ0n) is 16.7. The molecule has 158 valence electrons. The number of fused-ring (bicyclic) bond motifs is 1. The molecule has 3 aliphatic rings. The molecule has 5 rings (SSSR count). The van der Waals surface area contributed by atoms with E-state index in [0.717, 1.165) is 37.8 Å². The predicted molar refractivity (Wildman–Crippen MR) is 108 cm³/mol. The molecule has 31 heavy (non-hydrogen) atoms. The summed E-state index contributed by atoms with van der Waals surface area (Å²) in [5, 5.41) is 14.7. The molecule has 1 saturated heterocycles. The molecule has 2 fully saturated rings. The molecule has 1 saturated carbocycles. The van der Waals surface area contributed by atoms with Crippen molar-refractivity contribution in [2.45, 2.75) is 25.3 Å². The Morgan fingerprint density at radius 1 is 1.06 bits per heavy atom. The van der Waals surface area contributed by atoms with Crippen LogP contribution in [0.15, 0.2) is 35.7 Å². The van der Waals surface area contributed by atoms with Crippen LogP contribution in [0, 0.1) is 40.7 Å². The highest BCUT2D eigenvalue weighted by atomic mass is 19.1. The lowest BCUT2D eigenvalue weighted by atomic mass is 10.0. The van der Waals surface area contributed by atoms with E-state index in [1.807, 2.05) is 6.07 Å². The van der Waals surface area contributed by atoms with Gasteiger partial charge in [-0.05, 0) is 42.4 Å². The van der Waals surface area contributed by atoms with Crippen LogP contribution in [-0.4, -0.2) is 40.2 Å². The van der Waals surface area contributed by atoms with E-state index in [0.29, 0.717) is 29.5 Å². The molecule has 0 N–H and O–H groups in total. The normalized spacial score (nSPS) is 26.9. The van der Waals surface area contributed by atoms with Crippen LogP contribution in [0.3, 0.4) is 0 Å². The highest BCUT2D eigenvalue weighted by Gasteiger charge is 2.46. The average Bonchev–Trinajstić information content (AvgIpc) is 3.47. The maximum atomic E-state index is 13.7. The molecule has 0 spiro atoms. The van der Waals surface area contributed by atoms with E-state index >= 15 is 0 Å². The molecule has 9 heteroatoms. The number of benzene rings is 1. The first-order valence-electron chi connectivity index (χ1n) is 10.3. The third kappa shape index (κ3) is 3.63. The van der Waals surface area contributed by atoms with Crippen LogP contribution in [0.2, 0.25) is 0 Å². The number of nitriles is 1. The lowest BCUT2D eigenvalue weighted by molar-refractivity contribution is -0.137. The van der Waals surface area contributed by atoms with Crippen LogP contribution < -0.4 is 4.90 Å². The molecule has 1 unspecified atom stereocenters. The number of carbonyl (C=O) groups excluding carboxylic acids is 1. The zero-order valence-corrected chi connectivity index (χ0v) is 16.7. The molecular formula is C22H20F2N6O. The second-order valence-electron chi connectivity index (χ2n) is 8.40. The smallest absolute Gasteiger partial charge is 0.246 e. The molecule has 1 aliphatic carbocycles. The number of carbonyl (C=O) groups is 1. The van der Waals surface area contributed by atoms with Crippen molar-refractivity contribution in [1.29, 1.82) is 5.26 Å². The van der Waals surface area contributed by atoms with Crippen molar-refractivity contribution < 1.29 is 13.6 Å². The summed E-state index contributed by atoms with van der Waals surface area (Å²) in [6.07, 6.45) is 4.95. The van der Waals surface area contributed by atoms with Gasteiger partial charge in [-0.15, -0.1) is 0 Å². The zero-order chi connectivity index (χ0) is 21.5. The van der Waals surface area contributed by atoms with Gasteiger partial charge in [-0.25, -0.2) is 23.8 Å². The van der Waals surface area contributed by atoms with Gasteiger partial charge in [0.15, 0.2) is 0 Å². The SMILES string of the molecule is N#Cc1cc(N2C[C@H]3CC(C(=O)N4N=CC[C@H]4c4cc(F)cc(F)c4)C[C@H]3C2)ncn1. The van der Waals surface area contributed by atoms with E-state index in [4.69, 9.17) is 5.26 Å². The van der Waals surface area contributed by atoms with Gasteiger partial charge in [-0.1, -0.05) is 0 Å². The van der Waals surface area contributed by atoms with Crippen molar-refractivity contribution in [3.8, 4) is 6.07 Å². The number of aromatic nitrogens is 2. The Hall–Kier alpha value is -3.41. The number of anilines is 1. The van der Waals surface area contributed by atoms with Crippen molar-refractivity contribution in [2.75, 3.05) is 18.0 Å². The first kappa shape index (κ1) is 19.5. The second kappa shape index (κ2) is 7.69. The van der Waals surface area contributed by atoms with Crippen LogP contribution >= 0.6 is 0 Å². The summed E-state index contributed by atoms with van der Waals surface area (Å²) in [4.78, 5) is 23.6. The molecule has 1 aromatic heterocycles. The fraction of sp³-hybridized carbons (Fsp3) is 0.409. The average molecular weight is 422 g/mol. The second-order valence-corrected chi connectivity index (χ2v) is 8.40. The molecule has 3 heterocycles. The molecular weight excluding hydrogens is 402 g/mol. The van der Waals surface area contributed by atoms with Crippen molar-refractivity contribution in [3.05, 3.63) is 53.5 Å². The van der Waals surface area contributed by atoms with Gasteiger partial charge in [0, 0.05) is 43.8 Å². The Balaban J connectivity index is 1.26. The molecule has 0 radical (unpaired) electrons. The minimum absolute atomic E-state index is 0.0850. The number of nitrogens with zero attached hydrogens (tertiary/aromatic N) is 6. The third-order valence-corrected chi connectivity index (χ3v) is 6.52. The minimum atomic E-state index is -0.658. The molecule has 2 aliphatic heterocycles. The number of amides is 1. The fourth-order valence-corrected chi connectivity index (χ4v) is 5.13. The monoisotopic (exact) mass is 422 g/mol. The number of hydrogen-bond acceptors (Lipinski definition) is 6. The first-order valence-corrected chi connectivity index (χ1v) is 10.3. The van der Waals surface area contributed by atoms with Crippen molar-refractivity contribution in [2.24, 2.45) is 22.9 Å².